The van der Waals surface area contributed by atoms with Crippen molar-refractivity contribution >= 4 is 11.4 Å². The van der Waals surface area contributed by atoms with Gasteiger partial charge in [0.15, 0.2) is 5.78 Å². The van der Waals surface area contributed by atoms with E-state index in [2.05, 4.69) is 24.3 Å². The van der Waals surface area contributed by atoms with Gasteiger partial charge >= 0.3 is 0 Å². The summed E-state index contributed by atoms with van der Waals surface area (Å²) in [5.74, 6) is -0.606. The molecule has 0 atom stereocenters. The number of carbonyl (C=O) groups excluding carboxylic acids is 1. The van der Waals surface area contributed by atoms with E-state index in [-0.39, 0.29) is 23.7 Å². The van der Waals surface area contributed by atoms with Crippen molar-refractivity contribution in [2.45, 2.75) is 26.4 Å². The predicted molar refractivity (Wildman–Crippen MR) is 93.5 cm³/mol. The van der Waals surface area contributed by atoms with Gasteiger partial charge in [-0.2, -0.15) is 0 Å². The van der Waals surface area contributed by atoms with Crippen molar-refractivity contribution in [2.24, 2.45) is 0 Å². The predicted octanol–water partition coefficient (Wildman–Crippen LogP) is 5.34. The lowest BCUT2D eigenvalue weighted by Gasteiger charge is -2.15. The van der Waals surface area contributed by atoms with Crippen LogP contribution in [0, 0.1) is 5.82 Å². The quantitative estimate of drug-likeness (QED) is 0.694. The number of hydrogen-bond donors (Lipinski definition) is 0. The third-order valence-electron chi connectivity index (χ3n) is 4.03. The van der Waals surface area contributed by atoms with Crippen LogP contribution in [0.4, 0.5) is 4.39 Å². The van der Waals surface area contributed by atoms with E-state index in [1.165, 1.54) is 18.6 Å². The zero-order valence-corrected chi connectivity index (χ0v) is 13.6. The summed E-state index contributed by atoms with van der Waals surface area (Å²) in [6.07, 6.45) is 8.58. The average molecular weight is 322 g/mol. The van der Waals surface area contributed by atoms with Crippen molar-refractivity contribution in [3.63, 3.8) is 0 Å². The lowest BCUT2D eigenvalue weighted by Crippen LogP contribution is -2.05. The van der Waals surface area contributed by atoms with E-state index in [4.69, 9.17) is 4.74 Å². The first-order chi connectivity index (χ1) is 11.7. The van der Waals surface area contributed by atoms with Crippen molar-refractivity contribution in [1.82, 2.24) is 0 Å². The highest BCUT2D eigenvalue weighted by molar-refractivity contribution is 5.97. The monoisotopic (exact) mass is 322 g/mol. The Hall–Kier alpha value is -2.68. The molecular formula is C21H19FO2. The molecule has 0 fully saturated rings. The van der Waals surface area contributed by atoms with E-state index in [0.29, 0.717) is 0 Å². The SMILES string of the molecule is CC(=O)c1c(F)cccc1OCc1ccccc1C1=CCCC=C1. The highest BCUT2D eigenvalue weighted by Crippen LogP contribution is 2.27. The third kappa shape index (κ3) is 3.46. The minimum Gasteiger partial charge on any atom is -0.488 e. The summed E-state index contributed by atoms with van der Waals surface area (Å²) in [5.41, 5.74) is 3.29. The van der Waals surface area contributed by atoms with Gasteiger partial charge in [-0.15, -0.1) is 0 Å². The Bertz CT molecular complexity index is 818. The molecule has 0 aromatic heterocycles. The zero-order chi connectivity index (χ0) is 16.9. The van der Waals surface area contributed by atoms with Crippen molar-refractivity contribution in [3.8, 4) is 5.75 Å². The van der Waals surface area contributed by atoms with Crippen LogP contribution in [0.3, 0.4) is 0 Å². The zero-order valence-electron chi connectivity index (χ0n) is 13.6. The second-order valence-corrected chi connectivity index (χ2v) is 5.75. The summed E-state index contributed by atoms with van der Waals surface area (Å²) in [6, 6.07) is 12.4. The lowest BCUT2D eigenvalue weighted by atomic mass is 9.95. The normalized spacial score (nSPS) is 13.5. The van der Waals surface area contributed by atoms with E-state index in [1.807, 2.05) is 18.2 Å². The fourth-order valence-corrected chi connectivity index (χ4v) is 2.86. The van der Waals surface area contributed by atoms with E-state index < -0.39 is 5.82 Å². The minimum absolute atomic E-state index is 0.00626. The summed E-state index contributed by atoms with van der Waals surface area (Å²) in [7, 11) is 0. The summed E-state index contributed by atoms with van der Waals surface area (Å²) in [6.45, 7) is 1.63. The molecule has 2 nitrogen and oxygen atoms in total. The summed E-state index contributed by atoms with van der Waals surface area (Å²) < 4.78 is 19.7. The smallest absolute Gasteiger partial charge is 0.166 e. The molecular weight excluding hydrogens is 303 g/mol. The fourth-order valence-electron chi connectivity index (χ4n) is 2.86. The van der Waals surface area contributed by atoms with Crippen LogP contribution >= 0.6 is 0 Å². The number of ether oxygens (including phenoxy) is 1. The van der Waals surface area contributed by atoms with Gasteiger partial charge in [-0.1, -0.05) is 48.6 Å². The van der Waals surface area contributed by atoms with Crippen LogP contribution < -0.4 is 4.74 Å². The van der Waals surface area contributed by atoms with Gasteiger partial charge in [-0.05, 0) is 48.6 Å². The third-order valence-corrected chi connectivity index (χ3v) is 4.03. The van der Waals surface area contributed by atoms with Crippen LogP contribution in [0.5, 0.6) is 5.75 Å². The number of ketones is 1. The topological polar surface area (TPSA) is 26.3 Å². The minimum atomic E-state index is -0.550. The molecule has 24 heavy (non-hydrogen) atoms. The van der Waals surface area contributed by atoms with Gasteiger partial charge in [-0.3, -0.25) is 4.79 Å². The van der Waals surface area contributed by atoms with Crippen molar-refractivity contribution in [2.75, 3.05) is 0 Å². The number of hydrogen-bond acceptors (Lipinski definition) is 2. The van der Waals surface area contributed by atoms with E-state index in [9.17, 15) is 9.18 Å². The molecule has 0 spiro atoms. The molecule has 3 rings (SSSR count). The second-order valence-electron chi connectivity index (χ2n) is 5.75. The Morgan fingerprint density at radius 2 is 1.96 bits per heavy atom. The molecule has 122 valence electrons. The Morgan fingerprint density at radius 1 is 1.12 bits per heavy atom. The van der Waals surface area contributed by atoms with Gasteiger partial charge in [0.2, 0.25) is 0 Å². The van der Waals surface area contributed by atoms with E-state index in [1.54, 1.807) is 12.1 Å². The highest BCUT2D eigenvalue weighted by atomic mass is 19.1. The Labute approximate surface area is 141 Å². The van der Waals surface area contributed by atoms with Gasteiger partial charge in [0, 0.05) is 0 Å². The number of allylic oxidation sites excluding steroid dienone is 4. The molecule has 1 aliphatic carbocycles. The molecule has 0 saturated carbocycles. The second kappa shape index (κ2) is 7.26. The molecule has 2 aromatic carbocycles. The maximum Gasteiger partial charge on any atom is 0.166 e. The van der Waals surface area contributed by atoms with Crippen LogP contribution in [0.25, 0.3) is 5.57 Å². The molecule has 2 aromatic rings. The van der Waals surface area contributed by atoms with Gasteiger partial charge in [0.25, 0.3) is 0 Å². The molecule has 0 radical (unpaired) electrons. The van der Waals surface area contributed by atoms with E-state index in [0.717, 1.165) is 24.0 Å². The van der Waals surface area contributed by atoms with Crippen LogP contribution in [0.2, 0.25) is 0 Å². The molecule has 3 heteroatoms. The largest absolute Gasteiger partial charge is 0.488 e. The first kappa shape index (κ1) is 16.2. The van der Waals surface area contributed by atoms with E-state index >= 15 is 0 Å². The molecule has 0 N–H and O–H groups in total. The molecule has 1 aliphatic rings. The van der Waals surface area contributed by atoms with Crippen LogP contribution in [0.1, 0.15) is 41.3 Å². The van der Waals surface area contributed by atoms with Crippen molar-refractivity contribution in [3.05, 3.63) is 83.2 Å². The molecule has 0 saturated heterocycles. The van der Waals surface area contributed by atoms with Gasteiger partial charge in [0.05, 0.1) is 5.56 Å². The maximum atomic E-state index is 13.9. The first-order valence-electron chi connectivity index (χ1n) is 8.04. The number of halogens is 1. The maximum absolute atomic E-state index is 13.9. The number of Topliss-reactive ketones (excluding diaryl/α,β-unsaturated/α-hetero) is 1. The van der Waals surface area contributed by atoms with Crippen LogP contribution in [0.15, 0.2) is 60.7 Å². The summed E-state index contributed by atoms with van der Waals surface area (Å²) >= 11 is 0. The van der Waals surface area contributed by atoms with Crippen molar-refractivity contribution < 1.29 is 13.9 Å². The van der Waals surface area contributed by atoms with Crippen LogP contribution in [-0.4, -0.2) is 5.78 Å². The first-order valence-corrected chi connectivity index (χ1v) is 8.04. The Balaban J connectivity index is 1.86. The number of benzene rings is 2. The highest BCUT2D eigenvalue weighted by Gasteiger charge is 2.15. The molecule has 0 bridgehead atoms. The molecule has 0 heterocycles. The van der Waals surface area contributed by atoms with Gasteiger partial charge < -0.3 is 4.74 Å². The fraction of sp³-hybridized carbons (Fsp3) is 0.190. The van der Waals surface area contributed by atoms with Gasteiger partial charge in [0.1, 0.15) is 18.2 Å². The van der Waals surface area contributed by atoms with Gasteiger partial charge in [-0.25, -0.2) is 4.39 Å². The summed E-state index contributed by atoms with van der Waals surface area (Å²) in [5, 5.41) is 0. The average Bonchev–Trinajstić information content (AvgIpc) is 2.60. The molecule has 0 amide bonds. The number of carbonyl (C=O) groups is 1. The summed E-state index contributed by atoms with van der Waals surface area (Å²) in [4.78, 5) is 11.7. The standard InChI is InChI=1S/C21H19FO2/c1-15(23)21-19(22)12-7-13-20(21)24-14-17-10-5-6-11-18(17)16-8-3-2-4-9-16/h3,5-13H,2,4,14H2,1H3. The Morgan fingerprint density at radius 3 is 2.71 bits per heavy atom. The molecule has 0 aliphatic heterocycles. The lowest BCUT2D eigenvalue weighted by molar-refractivity contribution is 0.100. The van der Waals surface area contributed by atoms with Crippen molar-refractivity contribution in [1.29, 1.82) is 0 Å². The van der Waals surface area contributed by atoms with Crippen LogP contribution in [-0.2, 0) is 6.61 Å². The molecule has 0 unspecified atom stereocenters. The Kier molecular flexibility index (Phi) is 4.90. The number of rotatable bonds is 5.